The first-order valence-corrected chi connectivity index (χ1v) is 9.98. The lowest BCUT2D eigenvalue weighted by Crippen LogP contribution is -2.30. The lowest BCUT2D eigenvalue weighted by molar-refractivity contribution is -0.145. The summed E-state index contributed by atoms with van der Waals surface area (Å²) in [5, 5.41) is 14.3. The van der Waals surface area contributed by atoms with Gasteiger partial charge in [-0.1, -0.05) is 6.92 Å². The van der Waals surface area contributed by atoms with Gasteiger partial charge in [-0.2, -0.15) is 0 Å². The van der Waals surface area contributed by atoms with Gasteiger partial charge in [0.1, 0.15) is 5.75 Å². The number of carbonyl (C=O) groups is 3. The molecule has 0 bridgehead atoms. The van der Waals surface area contributed by atoms with Gasteiger partial charge in [-0.25, -0.2) is 4.79 Å². The molecule has 1 aromatic rings. The normalized spacial score (nSPS) is 11.6. The monoisotopic (exact) mass is 672 g/mol. The summed E-state index contributed by atoms with van der Waals surface area (Å²) in [4.78, 5) is 35.8. The molecule has 0 aliphatic heterocycles. The largest absolute Gasteiger partial charge is 0.479 e. The number of carboxylic acids is 1. The van der Waals surface area contributed by atoms with Crippen LogP contribution in [-0.4, -0.2) is 43.1 Å². The average Bonchev–Trinajstić information content (AvgIpc) is 2.53. The van der Waals surface area contributed by atoms with Crippen LogP contribution in [0.5, 0.6) is 5.75 Å². The minimum atomic E-state index is -1.11. The molecule has 0 aromatic heterocycles. The number of hydrogen-bond donors (Lipinski definition) is 3. The van der Waals surface area contributed by atoms with E-state index in [1.807, 2.05) is 67.8 Å². The van der Waals surface area contributed by atoms with E-state index in [1.54, 1.807) is 6.92 Å². The van der Waals surface area contributed by atoms with Crippen molar-refractivity contribution >= 4 is 85.6 Å². The van der Waals surface area contributed by atoms with Gasteiger partial charge in [0.05, 0.1) is 18.3 Å². The molecule has 24 heavy (non-hydrogen) atoms. The quantitative estimate of drug-likeness (QED) is 0.404. The Morgan fingerprint density at radius 3 is 1.71 bits per heavy atom. The number of carboxylic acid groups (broad SMARTS) is 1. The molecule has 0 spiro atoms. The van der Waals surface area contributed by atoms with Gasteiger partial charge in [0, 0.05) is 17.7 Å². The van der Waals surface area contributed by atoms with E-state index >= 15 is 0 Å². The Hall–Kier alpha value is -0.380. The summed E-state index contributed by atoms with van der Waals surface area (Å²) in [5.74, 6) is -1.63. The van der Waals surface area contributed by atoms with E-state index in [0.29, 0.717) is 10.7 Å². The van der Waals surface area contributed by atoms with Crippen LogP contribution in [0.3, 0.4) is 0 Å². The number of aliphatic carboxylic acids is 1. The maximum Gasteiger partial charge on any atom is 0.344 e. The molecular formula is C14H15I3N2O5. The Morgan fingerprint density at radius 1 is 1.00 bits per heavy atom. The molecule has 1 rings (SSSR count). The Labute approximate surface area is 180 Å². The summed E-state index contributed by atoms with van der Waals surface area (Å²) in [6.07, 6.45) is -0.819. The zero-order valence-corrected chi connectivity index (χ0v) is 19.5. The molecule has 1 unspecified atom stereocenters. The number of benzene rings is 1. The van der Waals surface area contributed by atoms with E-state index in [9.17, 15) is 19.5 Å². The highest BCUT2D eigenvalue weighted by atomic mass is 127. The number of rotatable bonds is 6. The van der Waals surface area contributed by atoms with Crippen molar-refractivity contribution in [1.29, 1.82) is 0 Å². The number of amides is 2. The van der Waals surface area contributed by atoms with E-state index in [-0.39, 0.29) is 35.1 Å². The van der Waals surface area contributed by atoms with Gasteiger partial charge in [0.15, 0.2) is 6.10 Å². The van der Waals surface area contributed by atoms with E-state index in [0.717, 1.165) is 0 Å². The fourth-order valence-corrected chi connectivity index (χ4v) is 6.24. The molecule has 132 valence electrons. The Balaban J connectivity index is 3.72. The van der Waals surface area contributed by atoms with E-state index in [2.05, 4.69) is 10.6 Å². The van der Waals surface area contributed by atoms with Gasteiger partial charge in [-0.3, -0.25) is 9.59 Å². The topological polar surface area (TPSA) is 105 Å². The number of halogens is 3. The molecule has 3 N–H and O–H groups in total. The predicted molar refractivity (Wildman–Crippen MR) is 114 cm³/mol. The first kappa shape index (κ1) is 21.7. The minimum Gasteiger partial charge on any atom is -0.479 e. The van der Waals surface area contributed by atoms with Crippen molar-refractivity contribution < 1.29 is 24.2 Å². The van der Waals surface area contributed by atoms with Crippen LogP contribution in [0.1, 0.15) is 34.1 Å². The molecule has 1 aromatic carbocycles. The van der Waals surface area contributed by atoms with Gasteiger partial charge >= 0.3 is 5.97 Å². The Bertz CT molecular complexity index is 650. The molecule has 0 aliphatic rings. The fraction of sp³-hybridized carbons (Fsp3) is 0.357. The van der Waals surface area contributed by atoms with Crippen molar-refractivity contribution in [2.24, 2.45) is 0 Å². The van der Waals surface area contributed by atoms with Crippen molar-refractivity contribution in [2.75, 3.05) is 14.1 Å². The van der Waals surface area contributed by atoms with Gasteiger partial charge in [-0.05, 0) is 74.2 Å². The van der Waals surface area contributed by atoms with Crippen LogP contribution >= 0.6 is 67.8 Å². The number of carbonyl (C=O) groups excluding carboxylic acids is 2. The molecule has 0 saturated heterocycles. The van der Waals surface area contributed by atoms with E-state index in [4.69, 9.17) is 4.74 Å². The predicted octanol–water partition coefficient (Wildman–Crippen LogP) is 2.46. The van der Waals surface area contributed by atoms with Crippen molar-refractivity contribution in [2.45, 2.75) is 19.4 Å². The summed E-state index contributed by atoms with van der Waals surface area (Å²) in [7, 11) is 2.97. The molecule has 0 fully saturated rings. The highest BCUT2D eigenvalue weighted by Crippen LogP contribution is 2.38. The summed E-state index contributed by atoms with van der Waals surface area (Å²) >= 11 is 5.81. The Morgan fingerprint density at radius 2 is 1.42 bits per heavy atom. The molecule has 0 saturated carbocycles. The molecule has 2 amide bonds. The third-order valence-corrected chi connectivity index (χ3v) is 6.23. The highest BCUT2D eigenvalue weighted by molar-refractivity contribution is 14.1. The average molecular weight is 672 g/mol. The van der Waals surface area contributed by atoms with Crippen molar-refractivity contribution in [3.63, 3.8) is 0 Å². The summed E-state index contributed by atoms with van der Waals surface area (Å²) < 4.78 is 7.05. The summed E-state index contributed by atoms with van der Waals surface area (Å²) in [5.41, 5.74) is 0.570. The van der Waals surface area contributed by atoms with Crippen LogP contribution in [0.15, 0.2) is 0 Å². The molecule has 0 heterocycles. The lowest BCUT2D eigenvalue weighted by atomic mass is 10.1. The number of nitrogens with one attached hydrogen (secondary N) is 2. The number of ether oxygens (including phenoxy) is 1. The lowest BCUT2D eigenvalue weighted by Gasteiger charge is -2.21. The zero-order chi connectivity index (χ0) is 18.6. The third kappa shape index (κ3) is 4.42. The van der Waals surface area contributed by atoms with Crippen molar-refractivity contribution in [3.05, 3.63) is 21.8 Å². The fourth-order valence-electron chi connectivity index (χ4n) is 1.84. The van der Waals surface area contributed by atoms with Gasteiger partial charge in [-0.15, -0.1) is 0 Å². The second-order valence-corrected chi connectivity index (χ2v) is 7.77. The molecule has 0 aliphatic carbocycles. The highest BCUT2D eigenvalue weighted by Gasteiger charge is 2.30. The molecule has 7 nitrogen and oxygen atoms in total. The molecular weight excluding hydrogens is 657 g/mol. The molecule has 10 heteroatoms. The molecule has 1 atom stereocenters. The van der Waals surface area contributed by atoms with Crippen molar-refractivity contribution in [3.8, 4) is 5.75 Å². The van der Waals surface area contributed by atoms with Gasteiger partial charge in [0.25, 0.3) is 11.8 Å². The third-order valence-electron chi connectivity index (χ3n) is 3.09. The second-order valence-electron chi connectivity index (χ2n) is 4.53. The second kappa shape index (κ2) is 9.35. The maximum atomic E-state index is 12.2. The first-order valence-electron chi connectivity index (χ1n) is 6.75. The summed E-state index contributed by atoms with van der Waals surface area (Å²) in [6, 6.07) is 0. The zero-order valence-electron chi connectivity index (χ0n) is 13.0. The van der Waals surface area contributed by atoms with E-state index in [1.165, 1.54) is 14.1 Å². The standard InChI is InChI=1S/C14H15I3N2O5/c1-4-5(14(22)23)24-11-9(16)6(12(20)18-2)8(15)7(10(11)17)13(21)19-3/h5H,4H2,1-3H3,(H,18,20)(H,19,21)(H,22,23). The Kier molecular flexibility index (Phi) is 8.44. The first-order chi connectivity index (χ1) is 11.2. The maximum absolute atomic E-state index is 12.2. The smallest absolute Gasteiger partial charge is 0.344 e. The molecule has 0 radical (unpaired) electrons. The van der Waals surface area contributed by atoms with Crippen LogP contribution in [0.25, 0.3) is 0 Å². The van der Waals surface area contributed by atoms with Crippen LogP contribution in [0, 0.1) is 10.7 Å². The SMILES string of the molecule is CCC(Oc1c(I)c(C(=O)NC)c(I)c(C(=O)NC)c1I)C(=O)O. The van der Waals surface area contributed by atoms with E-state index < -0.39 is 12.1 Å². The van der Waals surface area contributed by atoms with Crippen LogP contribution in [0.2, 0.25) is 0 Å². The summed E-state index contributed by atoms with van der Waals surface area (Å²) in [6.45, 7) is 1.69. The van der Waals surface area contributed by atoms with Gasteiger partial charge in [0.2, 0.25) is 0 Å². The van der Waals surface area contributed by atoms with Crippen LogP contribution in [-0.2, 0) is 4.79 Å². The van der Waals surface area contributed by atoms with Gasteiger partial charge < -0.3 is 20.5 Å². The van der Waals surface area contributed by atoms with Crippen LogP contribution in [0.4, 0.5) is 0 Å². The minimum absolute atomic E-state index is 0.225. The van der Waals surface area contributed by atoms with Crippen LogP contribution < -0.4 is 15.4 Å². The van der Waals surface area contributed by atoms with Crippen molar-refractivity contribution in [1.82, 2.24) is 10.6 Å². The number of hydrogen-bond acceptors (Lipinski definition) is 4.